The average molecular weight is 415 g/mol. The van der Waals surface area contributed by atoms with E-state index in [1.807, 2.05) is 42.5 Å². The molecule has 0 atom stereocenters. The van der Waals surface area contributed by atoms with Gasteiger partial charge in [-0.15, -0.1) is 0 Å². The summed E-state index contributed by atoms with van der Waals surface area (Å²) in [5, 5.41) is 2.80. The van der Waals surface area contributed by atoms with Crippen LogP contribution in [0.15, 0.2) is 79.0 Å². The highest BCUT2D eigenvalue weighted by Crippen LogP contribution is 2.22. The molecule has 1 fully saturated rings. The van der Waals surface area contributed by atoms with E-state index in [0.29, 0.717) is 31.1 Å². The van der Waals surface area contributed by atoms with Gasteiger partial charge in [-0.05, 0) is 54.1 Å². The third-order valence-corrected chi connectivity index (χ3v) is 4.61. The summed E-state index contributed by atoms with van der Waals surface area (Å²) in [6.45, 7) is 1.26. The van der Waals surface area contributed by atoms with Crippen molar-refractivity contribution in [1.82, 2.24) is 4.98 Å². The number of rotatable bonds is 7. The summed E-state index contributed by atoms with van der Waals surface area (Å²) in [6.07, 6.45) is 4.53. The quantitative estimate of drug-likeness (QED) is 0.583. The number of carbonyl (C=O) groups excluding carboxylic acids is 2. The molecule has 2 heterocycles. The summed E-state index contributed by atoms with van der Waals surface area (Å²) in [5.74, 6) is 0.459. The van der Waals surface area contributed by atoms with E-state index < -0.39 is 0 Å². The molecular weight excluding hydrogens is 394 g/mol. The van der Waals surface area contributed by atoms with Crippen LogP contribution in [-0.2, 0) is 16.1 Å². The summed E-state index contributed by atoms with van der Waals surface area (Å²) in [6, 6.07) is 20.2. The SMILES string of the molecule is O=C(/C=C/c1ccc(OCc2ccccn2)cc1)Nc1cccc(N2CCOC2=O)c1. The number of anilines is 2. The fourth-order valence-corrected chi connectivity index (χ4v) is 3.05. The minimum atomic E-state index is -0.379. The molecule has 1 N–H and O–H groups in total. The number of nitrogens with zero attached hydrogens (tertiary/aromatic N) is 2. The van der Waals surface area contributed by atoms with Crippen LogP contribution in [0.25, 0.3) is 6.08 Å². The van der Waals surface area contributed by atoms with E-state index in [1.165, 1.54) is 11.0 Å². The van der Waals surface area contributed by atoms with Crippen molar-refractivity contribution in [2.75, 3.05) is 23.4 Å². The highest BCUT2D eigenvalue weighted by atomic mass is 16.6. The second-order valence-electron chi connectivity index (χ2n) is 6.82. The number of hydrogen-bond donors (Lipinski definition) is 1. The first-order valence-electron chi connectivity index (χ1n) is 9.83. The smallest absolute Gasteiger partial charge is 0.414 e. The van der Waals surface area contributed by atoms with Gasteiger partial charge in [-0.25, -0.2) is 4.79 Å². The van der Waals surface area contributed by atoms with Crippen LogP contribution in [0.3, 0.4) is 0 Å². The molecule has 2 amide bonds. The van der Waals surface area contributed by atoms with Crippen LogP contribution < -0.4 is 15.0 Å². The maximum Gasteiger partial charge on any atom is 0.414 e. The third-order valence-electron chi connectivity index (χ3n) is 4.61. The van der Waals surface area contributed by atoms with Crippen molar-refractivity contribution >= 4 is 29.5 Å². The molecule has 0 aliphatic carbocycles. The average Bonchev–Trinajstić information content (AvgIpc) is 3.24. The minimum absolute atomic E-state index is 0.267. The van der Waals surface area contributed by atoms with Gasteiger partial charge in [-0.2, -0.15) is 0 Å². The van der Waals surface area contributed by atoms with Crippen molar-refractivity contribution in [3.05, 3.63) is 90.3 Å². The standard InChI is InChI=1S/C24H21N3O4/c28-23(26-19-5-3-6-21(16-19)27-14-15-30-24(27)29)12-9-18-7-10-22(11-8-18)31-17-20-4-1-2-13-25-20/h1-13,16H,14-15,17H2,(H,26,28)/b12-9+. The maximum atomic E-state index is 12.3. The van der Waals surface area contributed by atoms with Gasteiger partial charge in [0.05, 0.1) is 12.2 Å². The van der Waals surface area contributed by atoms with Crippen LogP contribution >= 0.6 is 0 Å². The minimum Gasteiger partial charge on any atom is -0.487 e. The van der Waals surface area contributed by atoms with Gasteiger partial charge in [-0.1, -0.05) is 24.3 Å². The molecule has 7 nitrogen and oxygen atoms in total. The fourth-order valence-electron chi connectivity index (χ4n) is 3.05. The Labute approximate surface area is 179 Å². The highest BCUT2D eigenvalue weighted by molar-refractivity contribution is 6.02. The van der Waals surface area contributed by atoms with Gasteiger partial charge in [0.25, 0.3) is 0 Å². The zero-order valence-electron chi connectivity index (χ0n) is 16.7. The molecule has 1 saturated heterocycles. The Morgan fingerprint density at radius 1 is 1.13 bits per heavy atom. The van der Waals surface area contributed by atoms with E-state index in [9.17, 15) is 9.59 Å². The molecule has 1 aromatic heterocycles. The van der Waals surface area contributed by atoms with E-state index in [2.05, 4.69) is 10.3 Å². The molecule has 0 unspecified atom stereocenters. The van der Waals surface area contributed by atoms with Crippen LogP contribution in [0, 0.1) is 0 Å². The van der Waals surface area contributed by atoms with E-state index in [4.69, 9.17) is 9.47 Å². The number of pyridine rings is 1. The molecule has 7 heteroatoms. The van der Waals surface area contributed by atoms with Crippen molar-refractivity contribution in [3.8, 4) is 5.75 Å². The number of benzene rings is 2. The Balaban J connectivity index is 1.31. The van der Waals surface area contributed by atoms with E-state index >= 15 is 0 Å². The summed E-state index contributed by atoms with van der Waals surface area (Å²) >= 11 is 0. The molecule has 0 saturated carbocycles. The fraction of sp³-hybridized carbons (Fsp3) is 0.125. The van der Waals surface area contributed by atoms with Crippen molar-refractivity contribution in [3.63, 3.8) is 0 Å². The first-order valence-corrected chi connectivity index (χ1v) is 9.83. The second kappa shape index (κ2) is 9.58. The maximum absolute atomic E-state index is 12.3. The molecule has 3 aromatic rings. The summed E-state index contributed by atoms with van der Waals surface area (Å²) in [7, 11) is 0. The zero-order valence-corrected chi connectivity index (χ0v) is 16.7. The molecule has 1 aliphatic rings. The van der Waals surface area contributed by atoms with Crippen LogP contribution in [0.4, 0.5) is 16.2 Å². The van der Waals surface area contributed by atoms with Gasteiger partial charge in [0.1, 0.15) is 19.0 Å². The van der Waals surface area contributed by atoms with Crippen molar-refractivity contribution < 1.29 is 19.1 Å². The van der Waals surface area contributed by atoms with Crippen LogP contribution in [0.1, 0.15) is 11.3 Å². The Bertz CT molecular complexity index is 1080. The Morgan fingerprint density at radius 3 is 2.74 bits per heavy atom. The molecule has 156 valence electrons. The van der Waals surface area contributed by atoms with Gasteiger partial charge >= 0.3 is 6.09 Å². The van der Waals surface area contributed by atoms with E-state index in [1.54, 1.807) is 36.5 Å². The van der Waals surface area contributed by atoms with Crippen LogP contribution in [-0.4, -0.2) is 30.1 Å². The topological polar surface area (TPSA) is 80.8 Å². The first kappa shape index (κ1) is 20.2. The van der Waals surface area contributed by atoms with Crippen LogP contribution in [0.5, 0.6) is 5.75 Å². The molecule has 0 spiro atoms. The number of cyclic esters (lactones) is 1. The first-order chi connectivity index (χ1) is 15.2. The molecule has 4 rings (SSSR count). The van der Waals surface area contributed by atoms with Crippen molar-refractivity contribution in [1.29, 1.82) is 0 Å². The molecule has 1 aliphatic heterocycles. The molecule has 0 radical (unpaired) electrons. The number of aromatic nitrogens is 1. The molecular formula is C24H21N3O4. The number of carbonyl (C=O) groups is 2. The number of nitrogens with one attached hydrogen (secondary N) is 1. The summed E-state index contributed by atoms with van der Waals surface area (Å²) in [4.78, 5) is 29.7. The lowest BCUT2D eigenvalue weighted by atomic mass is 10.2. The zero-order chi connectivity index (χ0) is 21.5. The molecule has 2 aromatic carbocycles. The largest absolute Gasteiger partial charge is 0.487 e. The number of hydrogen-bond acceptors (Lipinski definition) is 5. The monoisotopic (exact) mass is 415 g/mol. The predicted octanol–water partition coefficient (Wildman–Crippen LogP) is 4.27. The van der Waals surface area contributed by atoms with Crippen molar-refractivity contribution in [2.24, 2.45) is 0 Å². The molecule has 31 heavy (non-hydrogen) atoms. The lowest BCUT2D eigenvalue weighted by Crippen LogP contribution is -2.23. The van der Waals surface area contributed by atoms with Gasteiger partial charge in [0.15, 0.2) is 0 Å². The number of ether oxygens (including phenoxy) is 2. The van der Waals surface area contributed by atoms with Crippen molar-refractivity contribution in [2.45, 2.75) is 6.61 Å². The van der Waals surface area contributed by atoms with Gasteiger partial charge in [0, 0.05) is 23.6 Å². The molecule has 0 bridgehead atoms. The third kappa shape index (κ3) is 5.48. The van der Waals surface area contributed by atoms with Gasteiger partial charge in [-0.3, -0.25) is 14.7 Å². The lowest BCUT2D eigenvalue weighted by Gasteiger charge is -2.13. The lowest BCUT2D eigenvalue weighted by molar-refractivity contribution is -0.111. The normalized spacial score (nSPS) is 13.3. The Hall–Kier alpha value is -4.13. The second-order valence-corrected chi connectivity index (χ2v) is 6.82. The summed E-state index contributed by atoms with van der Waals surface area (Å²) in [5.41, 5.74) is 3.01. The van der Waals surface area contributed by atoms with Gasteiger partial charge < -0.3 is 14.8 Å². The van der Waals surface area contributed by atoms with Gasteiger partial charge in [0.2, 0.25) is 5.91 Å². The highest BCUT2D eigenvalue weighted by Gasteiger charge is 2.23. The van der Waals surface area contributed by atoms with E-state index in [0.717, 1.165) is 17.0 Å². The Kier molecular flexibility index (Phi) is 6.23. The predicted molar refractivity (Wildman–Crippen MR) is 118 cm³/mol. The van der Waals surface area contributed by atoms with Crippen LogP contribution in [0.2, 0.25) is 0 Å². The summed E-state index contributed by atoms with van der Waals surface area (Å²) < 4.78 is 10.7. The van der Waals surface area contributed by atoms with E-state index in [-0.39, 0.29) is 12.0 Å². The number of amides is 2. The Morgan fingerprint density at radius 2 is 2.00 bits per heavy atom.